The maximum Gasteiger partial charge on any atom is 0.0729 e. The van der Waals surface area contributed by atoms with E-state index in [0.29, 0.717) is 0 Å². The minimum absolute atomic E-state index is 0.177. The molecule has 3 atom stereocenters. The highest BCUT2D eigenvalue weighted by atomic mass is 16.5. The zero-order chi connectivity index (χ0) is 13.8. The molecular formula is C17H31NO2. The fourth-order valence-electron chi connectivity index (χ4n) is 4.54. The van der Waals surface area contributed by atoms with E-state index >= 15 is 0 Å². The van der Waals surface area contributed by atoms with Crippen molar-refractivity contribution >= 4 is 0 Å². The van der Waals surface area contributed by atoms with Crippen molar-refractivity contribution in [1.29, 1.82) is 0 Å². The Morgan fingerprint density at radius 1 is 1.05 bits per heavy atom. The Morgan fingerprint density at radius 3 is 2.70 bits per heavy atom. The number of nitrogens with one attached hydrogen (secondary N) is 1. The zero-order valence-electron chi connectivity index (χ0n) is 13.0. The zero-order valence-corrected chi connectivity index (χ0v) is 13.0. The molecule has 3 fully saturated rings. The van der Waals surface area contributed by atoms with Gasteiger partial charge in [0.25, 0.3) is 0 Å². The average Bonchev–Trinajstić information content (AvgIpc) is 2.95. The van der Waals surface area contributed by atoms with E-state index in [1.54, 1.807) is 0 Å². The number of hydrogen-bond donors (Lipinski definition) is 1. The van der Waals surface area contributed by atoms with Crippen molar-refractivity contribution in [2.45, 2.75) is 69.9 Å². The molecule has 2 aliphatic heterocycles. The molecule has 1 N–H and O–H groups in total. The van der Waals surface area contributed by atoms with Crippen LogP contribution in [0.3, 0.4) is 0 Å². The minimum atomic E-state index is 0.177. The van der Waals surface area contributed by atoms with Crippen molar-refractivity contribution in [1.82, 2.24) is 5.32 Å². The van der Waals surface area contributed by atoms with Crippen LogP contribution in [0.4, 0.5) is 0 Å². The summed E-state index contributed by atoms with van der Waals surface area (Å²) in [6.45, 7) is 6.23. The van der Waals surface area contributed by atoms with Crippen molar-refractivity contribution in [3.8, 4) is 0 Å². The summed E-state index contributed by atoms with van der Waals surface area (Å²) in [5.74, 6) is 1.84. The van der Waals surface area contributed by atoms with E-state index in [-0.39, 0.29) is 5.60 Å². The highest BCUT2D eigenvalue weighted by Crippen LogP contribution is 2.44. The quantitative estimate of drug-likeness (QED) is 0.859. The molecule has 116 valence electrons. The summed E-state index contributed by atoms with van der Waals surface area (Å²) in [6.07, 6.45) is 10.3. The topological polar surface area (TPSA) is 30.5 Å². The number of rotatable bonds is 4. The van der Waals surface area contributed by atoms with Gasteiger partial charge < -0.3 is 14.8 Å². The molecule has 3 nitrogen and oxygen atoms in total. The lowest BCUT2D eigenvalue weighted by atomic mass is 9.75. The lowest BCUT2D eigenvalue weighted by Gasteiger charge is -2.45. The summed E-state index contributed by atoms with van der Waals surface area (Å²) in [4.78, 5) is 0. The van der Waals surface area contributed by atoms with E-state index < -0.39 is 0 Å². The molecule has 3 heteroatoms. The summed E-state index contributed by atoms with van der Waals surface area (Å²) >= 11 is 0. The van der Waals surface area contributed by atoms with Gasteiger partial charge in [-0.05, 0) is 69.7 Å². The highest BCUT2D eigenvalue weighted by molar-refractivity contribution is 4.93. The van der Waals surface area contributed by atoms with Crippen molar-refractivity contribution in [2.75, 3.05) is 26.4 Å². The first-order valence-corrected chi connectivity index (χ1v) is 8.76. The van der Waals surface area contributed by atoms with Crippen molar-refractivity contribution in [3.63, 3.8) is 0 Å². The largest absolute Gasteiger partial charge is 0.381 e. The SMILES string of the molecule is CCCNC1CCC(C2CCOC3(CCOCC3)C2)C1. The van der Waals surface area contributed by atoms with Crippen molar-refractivity contribution in [2.24, 2.45) is 11.8 Å². The van der Waals surface area contributed by atoms with Crippen LogP contribution in [0.2, 0.25) is 0 Å². The van der Waals surface area contributed by atoms with E-state index in [0.717, 1.165) is 50.5 Å². The monoisotopic (exact) mass is 281 g/mol. The van der Waals surface area contributed by atoms with Gasteiger partial charge in [-0.15, -0.1) is 0 Å². The Balaban J connectivity index is 1.52. The molecule has 2 saturated heterocycles. The van der Waals surface area contributed by atoms with Crippen LogP contribution >= 0.6 is 0 Å². The Labute approximate surface area is 123 Å². The van der Waals surface area contributed by atoms with Crippen LogP contribution in [-0.4, -0.2) is 38.0 Å². The van der Waals surface area contributed by atoms with E-state index in [9.17, 15) is 0 Å². The molecule has 0 amide bonds. The second kappa shape index (κ2) is 6.76. The average molecular weight is 281 g/mol. The van der Waals surface area contributed by atoms with Gasteiger partial charge in [-0.1, -0.05) is 6.92 Å². The third-order valence-corrected chi connectivity index (χ3v) is 5.76. The number of hydrogen-bond acceptors (Lipinski definition) is 3. The van der Waals surface area contributed by atoms with Gasteiger partial charge in [0.2, 0.25) is 0 Å². The molecule has 1 aliphatic carbocycles. The molecule has 3 unspecified atom stereocenters. The van der Waals surface area contributed by atoms with Gasteiger partial charge in [-0.2, -0.15) is 0 Å². The van der Waals surface area contributed by atoms with Crippen LogP contribution in [0, 0.1) is 11.8 Å². The third-order valence-electron chi connectivity index (χ3n) is 5.76. The first kappa shape index (κ1) is 14.8. The maximum absolute atomic E-state index is 6.19. The molecule has 3 aliphatic rings. The molecular weight excluding hydrogens is 250 g/mol. The van der Waals surface area contributed by atoms with Gasteiger partial charge >= 0.3 is 0 Å². The predicted octanol–water partition coefficient (Wildman–Crippen LogP) is 3.13. The molecule has 0 radical (unpaired) electrons. The smallest absolute Gasteiger partial charge is 0.0729 e. The molecule has 1 spiro atoms. The molecule has 0 bridgehead atoms. The first-order valence-electron chi connectivity index (χ1n) is 8.76. The van der Waals surface area contributed by atoms with Crippen LogP contribution in [0.1, 0.15) is 58.3 Å². The molecule has 3 rings (SSSR count). The summed E-state index contributed by atoms with van der Waals surface area (Å²) in [5, 5.41) is 3.72. The van der Waals surface area contributed by atoms with E-state index in [4.69, 9.17) is 9.47 Å². The van der Waals surface area contributed by atoms with Gasteiger partial charge in [-0.25, -0.2) is 0 Å². The minimum Gasteiger partial charge on any atom is -0.381 e. The molecule has 0 aromatic carbocycles. The van der Waals surface area contributed by atoms with Gasteiger partial charge in [0, 0.05) is 25.9 Å². The fraction of sp³-hybridized carbons (Fsp3) is 1.00. The first-order chi connectivity index (χ1) is 9.81. The third kappa shape index (κ3) is 3.37. The van der Waals surface area contributed by atoms with Gasteiger partial charge in [0.15, 0.2) is 0 Å². The summed E-state index contributed by atoms with van der Waals surface area (Å²) in [6, 6.07) is 0.786. The highest BCUT2D eigenvalue weighted by Gasteiger charge is 2.42. The standard InChI is InChI=1S/C17H31NO2/c1-2-8-18-16-4-3-14(12-16)15-5-9-20-17(13-15)6-10-19-11-7-17/h14-16,18H,2-13H2,1H3. The lowest BCUT2D eigenvalue weighted by molar-refractivity contribution is -0.152. The Morgan fingerprint density at radius 2 is 1.90 bits per heavy atom. The molecule has 0 aromatic rings. The van der Waals surface area contributed by atoms with Gasteiger partial charge in [-0.3, -0.25) is 0 Å². The second-order valence-electron chi connectivity index (χ2n) is 7.12. The lowest BCUT2D eigenvalue weighted by Crippen LogP contribution is -2.45. The van der Waals surface area contributed by atoms with Crippen LogP contribution in [0.15, 0.2) is 0 Å². The van der Waals surface area contributed by atoms with Crippen LogP contribution in [0.25, 0.3) is 0 Å². The Kier molecular flexibility index (Phi) is 5.00. The second-order valence-corrected chi connectivity index (χ2v) is 7.12. The molecule has 2 heterocycles. The summed E-state index contributed by atoms with van der Waals surface area (Å²) in [5.41, 5.74) is 0.177. The van der Waals surface area contributed by atoms with E-state index in [1.807, 2.05) is 0 Å². The van der Waals surface area contributed by atoms with Crippen molar-refractivity contribution in [3.05, 3.63) is 0 Å². The van der Waals surface area contributed by atoms with Crippen LogP contribution < -0.4 is 5.32 Å². The molecule has 0 aromatic heterocycles. The Hall–Kier alpha value is -0.120. The maximum atomic E-state index is 6.19. The van der Waals surface area contributed by atoms with Crippen LogP contribution in [0.5, 0.6) is 0 Å². The normalized spacial score (nSPS) is 37.4. The van der Waals surface area contributed by atoms with Gasteiger partial charge in [0.1, 0.15) is 0 Å². The fourth-order valence-corrected chi connectivity index (χ4v) is 4.54. The molecule has 20 heavy (non-hydrogen) atoms. The van der Waals surface area contributed by atoms with E-state index in [1.165, 1.54) is 45.1 Å². The Bertz CT molecular complexity index is 296. The van der Waals surface area contributed by atoms with E-state index in [2.05, 4.69) is 12.2 Å². The molecule has 1 saturated carbocycles. The summed E-state index contributed by atoms with van der Waals surface area (Å²) in [7, 11) is 0. The summed E-state index contributed by atoms with van der Waals surface area (Å²) < 4.78 is 11.7. The predicted molar refractivity (Wildman–Crippen MR) is 80.9 cm³/mol. The number of ether oxygens (including phenoxy) is 2. The van der Waals surface area contributed by atoms with Crippen molar-refractivity contribution < 1.29 is 9.47 Å². The van der Waals surface area contributed by atoms with Crippen LogP contribution in [-0.2, 0) is 9.47 Å². The van der Waals surface area contributed by atoms with Gasteiger partial charge in [0.05, 0.1) is 5.60 Å².